The van der Waals surface area contributed by atoms with Crippen molar-refractivity contribution in [3.8, 4) is 6.07 Å². The standard InChI is InChI=1S/C30H44ClNO4/c1-26(2)12-14-30-15-13-29(6)18(22(30)24(26)35-17-30)7-8-20-23(33)19(9-11-28(20,29)5)27(3,4)21(10-16-32)36-25(31)34/h18-22,24H,7-15,17H2,1-6H3/t18?,19?,20-,21+,22+,24-,28-,29-,30-/m1/s1. The van der Waals surface area contributed by atoms with Crippen molar-refractivity contribution in [1.82, 2.24) is 0 Å². The lowest BCUT2D eigenvalue weighted by atomic mass is 9.35. The molecule has 1 heterocycles. The molecular formula is C30H44ClNO4. The average molecular weight is 518 g/mol. The Labute approximate surface area is 222 Å². The van der Waals surface area contributed by atoms with Gasteiger partial charge in [-0.15, -0.1) is 0 Å². The molecule has 0 amide bonds. The third-order valence-electron chi connectivity index (χ3n) is 12.7. The second-order valence-electron chi connectivity index (χ2n) is 14.7. The monoisotopic (exact) mass is 517 g/mol. The van der Waals surface area contributed by atoms with Crippen molar-refractivity contribution in [2.45, 2.75) is 112 Å². The molecule has 0 aromatic rings. The Hall–Kier alpha value is -1.12. The van der Waals surface area contributed by atoms with E-state index in [1.54, 1.807) is 0 Å². The van der Waals surface area contributed by atoms with Gasteiger partial charge in [-0.25, -0.2) is 4.79 Å². The molecule has 2 unspecified atom stereocenters. The predicted molar refractivity (Wildman–Crippen MR) is 138 cm³/mol. The van der Waals surface area contributed by atoms with Gasteiger partial charge in [0.25, 0.3) is 0 Å². The van der Waals surface area contributed by atoms with Gasteiger partial charge in [0, 0.05) is 28.9 Å². The van der Waals surface area contributed by atoms with Crippen molar-refractivity contribution in [2.24, 2.45) is 50.7 Å². The van der Waals surface area contributed by atoms with E-state index < -0.39 is 16.9 Å². The largest absolute Gasteiger partial charge is 0.449 e. The third-order valence-corrected chi connectivity index (χ3v) is 12.8. The summed E-state index contributed by atoms with van der Waals surface area (Å²) < 4.78 is 12.0. The third kappa shape index (κ3) is 3.49. The van der Waals surface area contributed by atoms with Gasteiger partial charge in [-0.1, -0.05) is 41.5 Å². The van der Waals surface area contributed by atoms with Gasteiger partial charge >= 0.3 is 5.43 Å². The number of hydrogen-bond acceptors (Lipinski definition) is 5. The van der Waals surface area contributed by atoms with Gasteiger partial charge < -0.3 is 9.47 Å². The zero-order valence-electron chi connectivity index (χ0n) is 23.0. The van der Waals surface area contributed by atoms with E-state index in [1.807, 2.05) is 13.8 Å². The van der Waals surface area contributed by atoms with Crippen LogP contribution in [0, 0.1) is 62.1 Å². The van der Waals surface area contributed by atoms with Crippen LogP contribution in [0.1, 0.15) is 99.3 Å². The first-order chi connectivity index (χ1) is 16.7. The molecule has 5 rings (SSSR count). The first kappa shape index (κ1) is 26.5. The van der Waals surface area contributed by atoms with Crippen molar-refractivity contribution < 1.29 is 19.1 Å². The van der Waals surface area contributed by atoms with E-state index in [2.05, 4.69) is 33.8 Å². The number of carbonyl (C=O) groups excluding carboxylic acids is 2. The first-order valence-electron chi connectivity index (χ1n) is 14.1. The second-order valence-corrected chi connectivity index (χ2v) is 15.0. The minimum absolute atomic E-state index is 0.00966. The summed E-state index contributed by atoms with van der Waals surface area (Å²) in [7, 11) is 0. The Morgan fingerprint density at radius 2 is 1.81 bits per heavy atom. The zero-order chi connectivity index (χ0) is 26.3. The van der Waals surface area contributed by atoms with Gasteiger partial charge in [-0.05, 0) is 84.9 Å². The number of nitrogens with zero attached hydrogens (tertiary/aromatic N) is 1. The predicted octanol–water partition coefficient (Wildman–Crippen LogP) is 7.30. The van der Waals surface area contributed by atoms with Crippen LogP contribution in [-0.4, -0.2) is 30.0 Å². The van der Waals surface area contributed by atoms with Crippen molar-refractivity contribution >= 4 is 22.8 Å². The van der Waals surface area contributed by atoms with Crippen molar-refractivity contribution in [1.29, 1.82) is 5.26 Å². The van der Waals surface area contributed by atoms with Crippen molar-refractivity contribution in [2.75, 3.05) is 6.61 Å². The molecule has 1 saturated heterocycles. The van der Waals surface area contributed by atoms with Crippen LogP contribution in [-0.2, 0) is 14.3 Å². The van der Waals surface area contributed by atoms with Crippen LogP contribution >= 0.6 is 11.6 Å². The Bertz CT molecular complexity index is 986. The molecule has 0 aromatic carbocycles. The summed E-state index contributed by atoms with van der Waals surface area (Å²) >= 11 is 5.56. The number of carbonyl (C=O) groups is 2. The number of ketones is 1. The van der Waals surface area contributed by atoms with E-state index in [0.29, 0.717) is 29.1 Å². The fourth-order valence-electron chi connectivity index (χ4n) is 10.2. The van der Waals surface area contributed by atoms with E-state index in [1.165, 1.54) is 25.7 Å². The van der Waals surface area contributed by atoms with Crippen molar-refractivity contribution in [3.63, 3.8) is 0 Å². The van der Waals surface area contributed by atoms with Gasteiger partial charge in [0.05, 0.1) is 25.2 Å². The van der Waals surface area contributed by atoms with Crippen LogP contribution in [0.3, 0.4) is 0 Å². The summed E-state index contributed by atoms with van der Waals surface area (Å²) in [6.45, 7) is 14.6. The molecule has 4 saturated carbocycles. The lowest BCUT2D eigenvalue weighted by Crippen LogP contribution is -2.65. The van der Waals surface area contributed by atoms with Crippen LogP contribution in [0.5, 0.6) is 0 Å². The van der Waals surface area contributed by atoms with E-state index in [9.17, 15) is 14.9 Å². The van der Waals surface area contributed by atoms with Crippen molar-refractivity contribution in [3.05, 3.63) is 0 Å². The maximum Gasteiger partial charge on any atom is 0.404 e. The lowest BCUT2D eigenvalue weighted by molar-refractivity contribution is -0.201. The highest BCUT2D eigenvalue weighted by molar-refractivity contribution is 6.61. The molecule has 0 radical (unpaired) electrons. The molecule has 5 aliphatic rings. The smallest absolute Gasteiger partial charge is 0.404 e. The number of rotatable bonds is 4. The Kier molecular flexibility index (Phi) is 6.21. The van der Waals surface area contributed by atoms with E-state index in [-0.39, 0.29) is 34.5 Å². The quantitative estimate of drug-likeness (QED) is 0.365. The average Bonchev–Trinajstić information content (AvgIpc) is 3.13. The second kappa shape index (κ2) is 8.44. The zero-order valence-corrected chi connectivity index (χ0v) is 23.7. The molecule has 36 heavy (non-hydrogen) atoms. The highest BCUT2D eigenvalue weighted by Crippen LogP contribution is 2.74. The highest BCUT2D eigenvalue weighted by atomic mass is 35.5. The molecule has 1 aliphatic heterocycles. The van der Waals surface area contributed by atoms with Crippen LogP contribution in [0.25, 0.3) is 0 Å². The van der Waals surface area contributed by atoms with Gasteiger partial charge in [0.2, 0.25) is 0 Å². The van der Waals surface area contributed by atoms with Gasteiger partial charge in [0.1, 0.15) is 11.9 Å². The van der Waals surface area contributed by atoms with Crippen LogP contribution in [0.15, 0.2) is 0 Å². The van der Waals surface area contributed by atoms with Crippen LogP contribution in [0.2, 0.25) is 0 Å². The molecule has 6 heteroatoms. The van der Waals surface area contributed by atoms with Crippen LogP contribution < -0.4 is 0 Å². The van der Waals surface area contributed by atoms with E-state index in [0.717, 1.165) is 32.3 Å². The molecule has 5 fully saturated rings. The van der Waals surface area contributed by atoms with E-state index in [4.69, 9.17) is 21.1 Å². The normalized spacial score (nSPS) is 46.1. The topological polar surface area (TPSA) is 76.4 Å². The summed E-state index contributed by atoms with van der Waals surface area (Å²) in [5.74, 6) is 1.28. The summed E-state index contributed by atoms with van der Waals surface area (Å²) in [5.41, 5.74) is -0.930. The molecule has 0 aromatic heterocycles. The SMILES string of the molecule is CC1(C)CC[C@]23CC[C@]4(C)C(CC[C@@H]5C(=O)C(C(C)(C)[C@H](CC#N)OC(=O)Cl)CC[C@]54C)[C@H]2[C@H]1OC3. The number of ether oxygens (including phenoxy) is 2. The summed E-state index contributed by atoms with van der Waals surface area (Å²) in [6.07, 6.45) is 8.40. The first-order valence-corrected chi connectivity index (χ1v) is 14.5. The number of Topliss-reactive ketones (excluding diaryl/α,β-unsaturated/α-hetero) is 1. The fraction of sp³-hybridized carbons (Fsp3) is 0.900. The molecule has 200 valence electrons. The molecule has 9 atom stereocenters. The fourth-order valence-corrected chi connectivity index (χ4v) is 10.3. The molecule has 2 bridgehead atoms. The molecule has 4 aliphatic carbocycles. The van der Waals surface area contributed by atoms with Gasteiger partial charge in [0.15, 0.2) is 0 Å². The maximum atomic E-state index is 14.3. The minimum atomic E-state index is -0.909. The molecule has 0 spiro atoms. The maximum absolute atomic E-state index is 14.3. The number of hydrogen-bond donors (Lipinski definition) is 0. The highest BCUT2D eigenvalue weighted by Gasteiger charge is 2.71. The summed E-state index contributed by atoms with van der Waals surface area (Å²) in [6, 6.07) is 2.13. The lowest BCUT2D eigenvalue weighted by Gasteiger charge is -2.68. The van der Waals surface area contributed by atoms with Gasteiger partial charge in [-0.2, -0.15) is 5.26 Å². The number of nitriles is 1. The Balaban J connectivity index is 1.44. The number of halogens is 1. The van der Waals surface area contributed by atoms with E-state index >= 15 is 0 Å². The van der Waals surface area contributed by atoms with Gasteiger partial charge in [-0.3, -0.25) is 4.79 Å². The molecular weight excluding hydrogens is 474 g/mol. The number of fused-ring (bicyclic) bond motifs is 3. The summed E-state index contributed by atoms with van der Waals surface area (Å²) in [5, 5.41) is 9.37. The Morgan fingerprint density at radius 1 is 1.11 bits per heavy atom. The molecule has 5 nitrogen and oxygen atoms in total. The molecule has 0 N–H and O–H groups in total. The summed E-state index contributed by atoms with van der Waals surface area (Å²) in [4.78, 5) is 25.8. The minimum Gasteiger partial charge on any atom is -0.449 e. The van der Waals surface area contributed by atoms with Crippen LogP contribution in [0.4, 0.5) is 4.79 Å². The Morgan fingerprint density at radius 3 is 2.47 bits per heavy atom.